The van der Waals surface area contributed by atoms with Crippen LogP contribution in [0.4, 0.5) is 5.95 Å². The summed E-state index contributed by atoms with van der Waals surface area (Å²) in [6.45, 7) is 10.6. The van der Waals surface area contributed by atoms with Gasteiger partial charge in [-0.3, -0.25) is 0 Å². The van der Waals surface area contributed by atoms with Crippen molar-refractivity contribution in [1.82, 2.24) is 15.3 Å². The molecule has 0 radical (unpaired) electrons. The van der Waals surface area contributed by atoms with E-state index in [1.54, 1.807) is 0 Å². The van der Waals surface area contributed by atoms with Gasteiger partial charge in [-0.25, -0.2) is 9.97 Å². The standard InChI is InChI=1S/C14H24N4O/c1-10(9-15-4)13-11(2)16-14(17-12(13)3)18-5-7-19-8-6-18/h10,15H,5-9H2,1-4H3. The lowest BCUT2D eigenvalue weighted by Gasteiger charge is -2.28. The molecule has 5 heteroatoms. The summed E-state index contributed by atoms with van der Waals surface area (Å²) in [5.41, 5.74) is 3.46. The maximum atomic E-state index is 5.37. The fourth-order valence-electron chi connectivity index (χ4n) is 2.73. The Balaban J connectivity index is 2.25. The second kappa shape index (κ2) is 6.30. The molecule has 0 saturated carbocycles. The quantitative estimate of drug-likeness (QED) is 0.887. The van der Waals surface area contributed by atoms with Crippen molar-refractivity contribution in [1.29, 1.82) is 0 Å². The van der Waals surface area contributed by atoms with Crippen molar-refractivity contribution < 1.29 is 4.74 Å². The third-order valence-corrected chi connectivity index (χ3v) is 3.61. The van der Waals surface area contributed by atoms with Crippen LogP contribution in [0.15, 0.2) is 0 Å². The van der Waals surface area contributed by atoms with E-state index in [2.05, 4.69) is 31.0 Å². The summed E-state index contributed by atoms with van der Waals surface area (Å²) in [7, 11) is 1.98. The van der Waals surface area contributed by atoms with Crippen LogP contribution in [-0.2, 0) is 4.74 Å². The summed E-state index contributed by atoms with van der Waals surface area (Å²) >= 11 is 0. The van der Waals surface area contributed by atoms with E-state index in [1.807, 2.05) is 7.05 Å². The largest absolute Gasteiger partial charge is 0.378 e. The Kier molecular flexibility index (Phi) is 4.71. The van der Waals surface area contributed by atoms with Crippen LogP contribution in [0.1, 0.15) is 29.8 Å². The molecular weight excluding hydrogens is 240 g/mol. The Hall–Kier alpha value is -1.20. The van der Waals surface area contributed by atoms with E-state index in [-0.39, 0.29) is 0 Å². The zero-order valence-electron chi connectivity index (χ0n) is 12.4. The number of rotatable bonds is 4. The summed E-state index contributed by atoms with van der Waals surface area (Å²) in [5, 5.41) is 3.22. The first-order valence-electron chi connectivity index (χ1n) is 6.96. The van der Waals surface area contributed by atoms with Gasteiger partial charge in [0.1, 0.15) is 0 Å². The lowest BCUT2D eigenvalue weighted by atomic mass is 9.98. The van der Waals surface area contributed by atoms with Gasteiger partial charge in [-0.1, -0.05) is 6.92 Å². The number of aromatic nitrogens is 2. The number of morpholine rings is 1. The highest BCUT2D eigenvalue weighted by Crippen LogP contribution is 2.23. The van der Waals surface area contributed by atoms with Gasteiger partial charge in [-0.05, 0) is 32.4 Å². The SMILES string of the molecule is CNCC(C)c1c(C)nc(N2CCOCC2)nc1C. The zero-order valence-corrected chi connectivity index (χ0v) is 12.4. The number of ether oxygens (including phenoxy) is 1. The van der Waals surface area contributed by atoms with Gasteiger partial charge in [0.25, 0.3) is 0 Å². The van der Waals surface area contributed by atoms with Crippen LogP contribution in [0, 0.1) is 13.8 Å². The number of hydrogen-bond donors (Lipinski definition) is 1. The highest BCUT2D eigenvalue weighted by Gasteiger charge is 2.18. The van der Waals surface area contributed by atoms with Crippen LogP contribution in [-0.4, -0.2) is 49.9 Å². The molecule has 2 heterocycles. The topological polar surface area (TPSA) is 50.3 Å². The molecule has 2 rings (SSSR count). The molecule has 0 aromatic carbocycles. The lowest BCUT2D eigenvalue weighted by Crippen LogP contribution is -2.37. The van der Waals surface area contributed by atoms with Gasteiger partial charge >= 0.3 is 0 Å². The number of likely N-dealkylation sites (N-methyl/N-ethyl adjacent to an activating group) is 1. The molecular formula is C14H24N4O. The van der Waals surface area contributed by atoms with E-state index in [4.69, 9.17) is 14.7 Å². The molecule has 5 nitrogen and oxygen atoms in total. The van der Waals surface area contributed by atoms with Crippen LogP contribution in [0.5, 0.6) is 0 Å². The molecule has 1 N–H and O–H groups in total. The average molecular weight is 264 g/mol. The molecule has 1 aromatic rings. The Morgan fingerprint density at radius 3 is 2.32 bits per heavy atom. The summed E-state index contributed by atoms with van der Waals surface area (Å²) in [6, 6.07) is 0. The van der Waals surface area contributed by atoms with E-state index >= 15 is 0 Å². The Labute approximate surface area is 115 Å². The molecule has 1 unspecified atom stereocenters. The smallest absolute Gasteiger partial charge is 0.225 e. The molecule has 19 heavy (non-hydrogen) atoms. The van der Waals surface area contributed by atoms with Crippen molar-refractivity contribution in [3.63, 3.8) is 0 Å². The van der Waals surface area contributed by atoms with Gasteiger partial charge in [0, 0.05) is 31.0 Å². The lowest BCUT2D eigenvalue weighted by molar-refractivity contribution is 0.122. The van der Waals surface area contributed by atoms with Gasteiger partial charge in [0.15, 0.2) is 0 Å². The van der Waals surface area contributed by atoms with Gasteiger partial charge in [-0.2, -0.15) is 0 Å². The molecule has 1 atom stereocenters. The minimum absolute atomic E-state index is 0.434. The molecule has 1 saturated heterocycles. The highest BCUT2D eigenvalue weighted by atomic mass is 16.5. The van der Waals surface area contributed by atoms with E-state index in [9.17, 15) is 0 Å². The molecule has 1 fully saturated rings. The number of nitrogens with one attached hydrogen (secondary N) is 1. The number of anilines is 1. The first-order valence-corrected chi connectivity index (χ1v) is 6.96. The molecule has 1 aromatic heterocycles. The molecule has 1 aliphatic rings. The molecule has 0 aliphatic carbocycles. The maximum Gasteiger partial charge on any atom is 0.225 e. The Morgan fingerprint density at radius 1 is 1.21 bits per heavy atom. The summed E-state index contributed by atoms with van der Waals surface area (Å²) < 4.78 is 5.37. The number of hydrogen-bond acceptors (Lipinski definition) is 5. The predicted octanol–water partition coefficient (Wildman–Crippen LogP) is 1.25. The summed E-state index contributed by atoms with van der Waals surface area (Å²) in [4.78, 5) is 11.6. The molecule has 0 bridgehead atoms. The third kappa shape index (κ3) is 3.22. The average Bonchev–Trinajstić information content (AvgIpc) is 2.39. The van der Waals surface area contributed by atoms with Crippen molar-refractivity contribution in [2.75, 3.05) is 44.8 Å². The highest BCUT2D eigenvalue weighted by molar-refractivity contribution is 5.38. The number of aryl methyl sites for hydroxylation is 2. The van der Waals surface area contributed by atoms with Crippen molar-refractivity contribution in [3.8, 4) is 0 Å². The second-order valence-electron chi connectivity index (χ2n) is 5.17. The Bertz CT molecular complexity index is 406. The maximum absolute atomic E-state index is 5.37. The van der Waals surface area contributed by atoms with Crippen molar-refractivity contribution in [2.24, 2.45) is 0 Å². The fraction of sp³-hybridized carbons (Fsp3) is 0.714. The second-order valence-corrected chi connectivity index (χ2v) is 5.17. The molecule has 0 amide bonds. The van der Waals surface area contributed by atoms with Crippen LogP contribution in [0.2, 0.25) is 0 Å². The van der Waals surface area contributed by atoms with E-state index in [0.717, 1.165) is 50.2 Å². The fourth-order valence-corrected chi connectivity index (χ4v) is 2.73. The molecule has 106 valence electrons. The first-order chi connectivity index (χ1) is 9.13. The van der Waals surface area contributed by atoms with Gasteiger partial charge in [-0.15, -0.1) is 0 Å². The van der Waals surface area contributed by atoms with E-state index < -0.39 is 0 Å². The van der Waals surface area contributed by atoms with Gasteiger partial charge < -0.3 is 15.0 Å². The van der Waals surface area contributed by atoms with Crippen molar-refractivity contribution >= 4 is 5.95 Å². The molecule has 1 aliphatic heterocycles. The predicted molar refractivity (Wildman–Crippen MR) is 76.9 cm³/mol. The first kappa shape index (κ1) is 14.2. The minimum Gasteiger partial charge on any atom is -0.378 e. The van der Waals surface area contributed by atoms with Crippen LogP contribution >= 0.6 is 0 Å². The summed E-state index contributed by atoms with van der Waals surface area (Å²) in [6.07, 6.45) is 0. The van der Waals surface area contributed by atoms with Crippen LogP contribution in [0.3, 0.4) is 0 Å². The van der Waals surface area contributed by atoms with E-state index in [0.29, 0.717) is 5.92 Å². The summed E-state index contributed by atoms with van der Waals surface area (Å²) in [5.74, 6) is 1.28. The number of nitrogens with zero attached hydrogens (tertiary/aromatic N) is 3. The van der Waals surface area contributed by atoms with E-state index in [1.165, 1.54) is 5.56 Å². The Morgan fingerprint density at radius 2 is 1.79 bits per heavy atom. The molecule has 0 spiro atoms. The zero-order chi connectivity index (χ0) is 13.8. The van der Waals surface area contributed by atoms with Crippen molar-refractivity contribution in [3.05, 3.63) is 17.0 Å². The van der Waals surface area contributed by atoms with Crippen LogP contribution < -0.4 is 10.2 Å². The van der Waals surface area contributed by atoms with Gasteiger partial charge in [0.2, 0.25) is 5.95 Å². The minimum atomic E-state index is 0.434. The normalized spacial score (nSPS) is 17.6. The monoisotopic (exact) mass is 264 g/mol. The van der Waals surface area contributed by atoms with Gasteiger partial charge in [0.05, 0.1) is 13.2 Å². The third-order valence-electron chi connectivity index (χ3n) is 3.61. The van der Waals surface area contributed by atoms with Crippen molar-refractivity contribution in [2.45, 2.75) is 26.7 Å². The van der Waals surface area contributed by atoms with Crippen LogP contribution in [0.25, 0.3) is 0 Å².